The number of piperidine rings is 1. The number of hydrogen-bond donors (Lipinski definition) is 1. The molecule has 3 aromatic rings. The van der Waals surface area contributed by atoms with E-state index in [2.05, 4.69) is 5.32 Å². The third kappa shape index (κ3) is 5.05. The molecule has 0 atom stereocenters. The molecule has 1 saturated heterocycles. The lowest BCUT2D eigenvalue weighted by molar-refractivity contribution is 0.200. The van der Waals surface area contributed by atoms with E-state index < -0.39 is 15.1 Å². The minimum atomic E-state index is -3.55. The first-order valence-electron chi connectivity index (χ1n) is 10.6. The number of urea groups is 1. The smallest absolute Gasteiger partial charge is 0.321 e. The number of nitrogens with one attached hydrogen (secondary N) is 1. The molecule has 0 spiro atoms. The topological polar surface area (TPSA) is 90.3 Å². The molecule has 0 unspecified atom stereocenters. The predicted molar refractivity (Wildman–Crippen MR) is 134 cm³/mol. The van der Waals surface area contributed by atoms with Crippen LogP contribution in [0.4, 0.5) is 10.5 Å². The monoisotopic (exact) mass is 513 g/mol. The number of carbonyl (C=O) groups is 1. The molecular formula is C25H21Cl2N3O3S. The molecule has 0 aliphatic carbocycles. The van der Waals surface area contributed by atoms with E-state index in [4.69, 9.17) is 23.2 Å². The first kappa shape index (κ1) is 24.1. The number of hydrogen-bond acceptors (Lipinski definition) is 4. The van der Waals surface area contributed by atoms with E-state index >= 15 is 0 Å². The zero-order valence-electron chi connectivity index (χ0n) is 18.0. The van der Waals surface area contributed by atoms with Gasteiger partial charge in [0.05, 0.1) is 21.4 Å². The van der Waals surface area contributed by atoms with Gasteiger partial charge in [0.2, 0.25) is 0 Å². The van der Waals surface area contributed by atoms with Crippen molar-refractivity contribution in [1.82, 2.24) is 4.90 Å². The number of rotatable bonds is 4. The Kier molecular flexibility index (Phi) is 7.13. The molecule has 0 bridgehead atoms. The highest BCUT2D eigenvalue weighted by Crippen LogP contribution is 2.32. The average molecular weight is 514 g/mol. The summed E-state index contributed by atoms with van der Waals surface area (Å²) in [6.45, 7) is 0.617. The fraction of sp³-hybridized carbons (Fsp3) is 0.200. The van der Waals surface area contributed by atoms with Crippen molar-refractivity contribution < 1.29 is 13.2 Å². The standard InChI is InChI=1S/C25H21Cl2N3O3S/c26-19-7-10-22(23(27)15-19)17-5-8-20(9-6-17)34(32,33)21-11-13-30(14-12-21)25(31)29-24-4-2-1-3-18(24)16-28/h1-10,15,21H,11-14H2,(H,29,31). The molecule has 1 N–H and O–H groups in total. The number of likely N-dealkylation sites (tertiary alicyclic amines) is 1. The predicted octanol–water partition coefficient (Wildman–Crippen LogP) is 6.00. The number of halogens is 2. The SMILES string of the molecule is N#Cc1ccccc1NC(=O)N1CCC(S(=O)(=O)c2ccc(-c3ccc(Cl)cc3Cl)cc2)CC1. The number of carbonyl (C=O) groups excluding carboxylic acids is 1. The van der Waals surface area contributed by atoms with Gasteiger partial charge >= 0.3 is 6.03 Å². The van der Waals surface area contributed by atoms with E-state index in [-0.39, 0.29) is 10.9 Å². The van der Waals surface area contributed by atoms with Crippen molar-refractivity contribution >= 4 is 44.8 Å². The third-order valence-electron chi connectivity index (χ3n) is 5.88. The Morgan fingerprint density at radius 2 is 1.68 bits per heavy atom. The van der Waals surface area contributed by atoms with Crippen LogP contribution in [0.25, 0.3) is 11.1 Å². The van der Waals surface area contributed by atoms with E-state index in [1.807, 2.05) is 6.07 Å². The number of nitriles is 1. The number of anilines is 1. The first-order valence-corrected chi connectivity index (χ1v) is 12.9. The van der Waals surface area contributed by atoms with Gasteiger partial charge in [-0.3, -0.25) is 0 Å². The summed E-state index contributed by atoms with van der Waals surface area (Å²) in [6, 6.07) is 20.3. The fourth-order valence-electron chi connectivity index (χ4n) is 3.99. The summed E-state index contributed by atoms with van der Waals surface area (Å²) in [6.07, 6.45) is 0.667. The Bertz CT molecular complexity index is 1360. The van der Waals surface area contributed by atoms with Gasteiger partial charge in [0, 0.05) is 28.7 Å². The zero-order valence-corrected chi connectivity index (χ0v) is 20.4. The van der Waals surface area contributed by atoms with Gasteiger partial charge in [0.25, 0.3) is 0 Å². The molecular weight excluding hydrogens is 493 g/mol. The maximum Gasteiger partial charge on any atom is 0.321 e. The molecule has 4 rings (SSSR count). The van der Waals surface area contributed by atoms with Crippen LogP contribution in [0.1, 0.15) is 18.4 Å². The maximum absolute atomic E-state index is 13.2. The summed E-state index contributed by atoms with van der Waals surface area (Å²) < 4.78 is 26.4. The lowest BCUT2D eigenvalue weighted by Gasteiger charge is -2.31. The number of para-hydroxylation sites is 1. The highest BCUT2D eigenvalue weighted by atomic mass is 35.5. The summed E-state index contributed by atoms with van der Waals surface area (Å²) in [5.41, 5.74) is 2.37. The van der Waals surface area contributed by atoms with Crippen LogP contribution in [0, 0.1) is 11.3 Å². The second-order valence-electron chi connectivity index (χ2n) is 7.97. The molecule has 3 aromatic carbocycles. The van der Waals surface area contributed by atoms with Crippen LogP contribution in [0.3, 0.4) is 0 Å². The Hall–Kier alpha value is -3.05. The van der Waals surface area contributed by atoms with E-state index in [1.165, 1.54) is 0 Å². The molecule has 9 heteroatoms. The summed E-state index contributed by atoms with van der Waals surface area (Å²) in [5, 5.41) is 12.4. The quantitative estimate of drug-likeness (QED) is 0.462. The van der Waals surface area contributed by atoms with Gasteiger partial charge in [0.1, 0.15) is 6.07 Å². The highest BCUT2D eigenvalue weighted by Gasteiger charge is 2.33. The normalized spacial score (nSPS) is 14.4. The van der Waals surface area contributed by atoms with Gasteiger partial charge in [-0.1, -0.05) is 53.5 Å². The second-order valence-corrected chi connectivity index (χ2v) is 11.0. The van der Waals surface area contributed by atoms with Crippen LogP contribution in [0.2, 0.25) is 10.0 Å². The largest absolute Gasteiger partial charge is 0.324 e. The summed E-state index contributed by atoms with van der Waals surface area (Å²) in [7, 11) is -3.55. The van der Waals surface area contributed by atoms with Crippen LogP contribution < -0.4 is 5.32 Å². The molecule has 0 saturated carbocycles. The zero-order chi connectivity index (χ0) is 24.3. The van der Waals surface area contributed by atoms with Gasteiger partial charge in [-0.05, 0) is 54.8 Å². The van der Waals surface area contributed by atoms with E-state index in [0.29, 0.717) is 47.2 Å². The number of nitrogens with zero attached hydrogens (tertiary/aromatic N) is 2. The Morgan fingerprint density at radius 1 is 1.00 bits per heavy atom. The number of benzene rings is 3. The van der Waals surface area contributed by atoms with E-state index in [0.717, 1.165) is 11.1 Å². The van der Waals surface area contributed by atoms with Crippen LogP contribution in [0.15, 0.2) is 71.6 Å². The van der Waals surface area contributed by atoms with Crippen LogP contribution in [0.5, 0.6) is 0 Å². The van der Waals surface area contributed by atoms with Crippen LogP contribution in [-0.4, -0.2) is 37.7 Å². The van der Waals surface area contributed by atoms with Crippen molar-refractivity contribution in [2.75, 3.05) is 18.4 Å². The Morgan fingerprint density at radius 3 is 2.32 bits per heavy atom. The molecule has 2 amide bonds. The molecule has 1 heterocycles. The lowest BCUT2D eigenvalue weighted by atomic mass is 10.1. The van der Waals surface area contributed by atoms with Gasteiger partial charge in [-0.15, -0.1) is 0 Å². The van der Waals surface area contributed by atoms with Crippen molar-refractivity contribution in [3.05, 3.63) is 82.3 Å². The second kappa shape index (κ2) is 10.1. The Labute approximate surface area is 208 Å². The van der Waals surface area contributed by atoms with Gasteiger partial charge in [-0.2, -0.15) is 5.26 Å². The molecule has 0 radical (unpaired) electrons. The number of amides is 2. The summed E-state index contributed by atoms with van der Waals surface area (Å²) in [5.74, 6) is 0. The molecule has 6 nitrogen and oxygen atoms in total. The van der Waals surface area contributed by atoms with Crippen molar-refractivity contribution in [3.8, 4) is 17.2 Å². The van der Waals surface area contributed by atoms with Crippen molar-refractivity contribution in [2.45, 2.75) is 23.0 Å². The minimum absolute atomic E-state index is 0.243. The van der Waals surface area contributed by atoms with Gasteiger partial charge in [-0.25, -0.2) is 13.2 Å². The van der Waals surface area contributed by atoms with Crippen LogP contribution >= 0.6 is 23.2 Å². The Balaban J connectivity index is 1.41. The molecule has 1 aliphatic heterocycles. The minimum Gasteiger partial charge on any atom is -0.324 e. The maximum atomic E-state index is 13.2. The van der Waals surface area contributed by atoms with Gasteiger partial charge < -0.3 is 10.2 Å². The van der Waals surface area contributed by atoms with E-state index in [9.17, 15) is 18.5 Å². The van der Waals surface area contributed by atoms with Crippen LogP contribution in [-0.2, 0) is 9.84 Å². The van der Waals surface area contributed by atoms with Crippen molar-refractivity contribution in [2.24, 2.45) is 0 Å². The molecule has 0 aromatic heterocycles. The average Bonchev–Trinajstić information content (AvgIpc) is 2.84. The molecule has 1 fully saturated rings. The molecule has 174 valence electrons. The highest BCUT2D eigenvalue weighted by molar-refractivity contribution is 7.92. The third-order valence-corrected chi connectivity index (χ3v) is 8.71. The van der Waals surface area contributed by atoms with E-state index in [1.54, 1.807) is 71.6 Å². The lowest BCUT2D eigenvalue weighted by Crippen LogP contribution is -2.44. The van der Waals surface area contributed by atoms with Crippen molar-refractivity contribution in [1.29, 1.82) is 5.26 Å². The summed E-state index contributed by atoms with van der Waals surface area (Å²) >= 11 is 12.2. The molecule has 34 heavy (non-hydrogen) atoms. The fourth-order valence-corrected chi connectivity index (χ4v) is 6.24. The van der Waals surface area contributed by atoms with Gasteiger partial charge in [0.15, 0.2) is 9.84 Å². The first-order chi connectivity index (χ1) is 16.3. The molecule has 1 aliphatic rings. The van der Waals surface area contributed by atoms with Crippen molar-refractivity contribution in [3.63, 3.8) is 0 Å². The number of sulfone groups is 1. The summed E-state index contributed by atoms with van der Waals surface area (Å²) in [4.78, 5) is 14.4.